The summed E-state index contributed by atoms with van der Waals surface area (Å²) in [6.45, 7) is 0. The SMILES string of the molecule is COc1ccccc1NC(C(=O)O)c1c(F)cccc1Cl. The van der Waals surface area contributed by atoms with Crippen LogP contribution < -0.4 is 10.1 Å². The van der Waals surface area contributed by atoms with Gasteiger partial charge in [0.1, 0.15) is 11.6 Å². The third-order valence-electron chi connectivity index (χ3n) is 2.94. The largest absolute Gasteiger partial charge is 0.495 e. The molecule has 2 rings (SSSR count). The number of benzene rings is 2. The average Bonchev–Trinajstić information content (AvgIpc) is 2.46. The fourth-order valence-corrected chi connectivity index (χ4v) is 2.24. The summed E-state index contributed by atoms with van der Waals surface area (Å²) < 4.78 is 19.1. The minimum Gasteiger partial charge on any atom is -0.495 e. The lowest BCUT2D eigenvalue weighted by Gasteiger charge is -2.19. The molecule has 0 radical (unpaired) electrons. The van der Waals surface area contributed by atoms with Gasteiger partial charge in [-0.3, -0.25) is 0 Å². The highest BCUT2D eigenvalue weighted by Gasteiger charge is 2.26. The van der Waals surface area contributed by atoms with Gasteiger partial charge in [0.05, 0.1) is 12.8 Å². The Labute approximate surface area is 126 Å². The number of nitrogens with one attached hydrogen (secondary N) is 1. The van der Waals surface area contributed by atoms with E-state index in [1.54, 1.807) is 24.3 Å². The molecule has 0 saturated heterocycles. The predicted molar refractivity (Wildman–Crippen MR) is 78.4 cm³/mol. The van der Waals surface area contributed by atoms with Gasteiger partial charge < -0.3 is 15.2 Å². The quantitative estimate of drug-likeness (QED) is 0.883. The normalized spacial score (nSPS) is 11.8. The topological polar surface area (TPSA) is 58.6 Å². The molecule has 2 N–H and O–H groups in total. The molecule has 2 aromatic rings. The van der Waals surface area contributed by atoms with Gasteiger partial charge in [-0.05, 0) is 24.3 Å². The summed E-state index contributed by atoms with van der Waals surface area (Å²) in [5, 5.41) is 12.2. The van der Waals surface area contributed by atoms with Gasteiger partial charge in [-0.25, -0.2) is 9.18 Å². The molecule has 0 aliphatic heterocycles. The second kappa shape index (κ2) is 6.45. The lowest BCUT2D eigenvalue weighted by atomic mass is 10.1. The minimum absolute atomic E-state index is 0.0461. The second-order valence-corrected chi connectivity index (χ2v) is 4.66. The number of carbonyl (C=O) groups is 1. The van der Waals surface area contributed by atoms with E-state index in [1.165, 1.54) is 25.3 Å². The molecule has 21 heavy (non-hydrogen) atoms. The van der Waals surface area contributed by atoms with Crippen molar-refractivity contribution in [3.8, 4) is 5.75 Å². The zero-order valence-corrected chi connectivity index (χ0v) is 11.9. The molecular formula is C15H13ClFNO3. The first-order chi connectivity index (χ1) is 10.0. The Morgan fingerprint density at radius 3 is 2.62 bits per heavy atom. The highest BCUT2D eigenvalue weighted by molar-refractivity contribution is 6.31. The van der Waals surface area contributed by atoms with Crippen molar-refractivity contribution in [2.75, 3.05) is 12.4 Å². The molecule has 6 heteroatoms. The van der Waals surface area contributed by atoms with E-state index in [0.717, 1.165) is 0 Å². The molecule has 2 aromatic carbocycles. The average molecular weight is 310 g/mol. The van der Waals surface area contributed by atoms with Crippen LogP contribution in [0.25, 0.3) is 0 Å². The van der Waals surface area contributed by atoms with Crippen molar-refractivity contribution < 1.29 is 19.0 Å². The Hall–Kier alpha value is -2.27. The van der Waals surface area contributed by atoms with Crippen LogP contribution in [0.3, 0.4) is 0 Å². The maximum Gasteiger partial charge on any atom is 0.330 e. The summed E-state index contributed by atoms with van der Waals surface area (Å²) in [6, 6.07) is 9.48. The van der Waals surface area contributed by atoms with E-state index in [-0.39, 0.29) is 10.6 Å². The van der Waals surface area contributed by atoms with E-state index in [9.17, 15) is 14.3 Å². The molecule has 110 valence electrons. The van der Waals surface area contributed by atoms with Crippen molar-refractivity contribution in [2.45, 2.75) is 6.04 Å². The van der Waals surface area contributed by atoms with Gasteiger partial charge in [-0.1, -0.05) is 29.8 Å². The number of rotatable bonds is 5. The van der Waals surface area contributed by atoms with Gasteiger partial charge >= 0.3 is 5.97 Å². The number of anilines is 1. The lowest BCUT2D eigenvalue weighted by molar-refractivity contribution is -0.138. The molecule has 0 aliphatic rings. The summed E-state index contributed by atoms with van der Waals surface area (Å²) in [5.41, 5.74) is 0.323. The van der Waals surface area contributed by atoms with Crippen molar-refractivity contribution in [1.82, 2.24) is 0 Å². The third-order valence-corrected chi connectivity index (χ3v) is 3.27. The smallest absolute Gasteiger partial charge is 0.330 e. The van der Waals surface area contributed by atoms with Crippen molar-refractivity contribution in [3.63, 3.8) is 0 Å². The molecule has 1 atom stereocenters. The van der Waals surface area contributed by atoms with Crippen LogP contribution in [0, 0.1) is 5.82 Å². The first-order valence-corrected chi connectivity index (χ1v) is 6.48. The molecule has 4 nitrogen and oxygen atoms in total. The van der Waals surface area contributed by atoms with Crippen molar-refractivity contribution >= 4 is 23.3 Å². The zero-order chi connectivity index (χ0) is 15.4. The van der Waals surface area contributed by atoms with Gasteiger partial charge in [0.15, 0.2) is 6.04 Å². The number of para-hydroxylation sites is 2. The molecule has 1 unspecified atom stereocenters. The van der Waals surface area contributed by atoms with Crippen LogP contribution in [0.4, 0.5) is 10.1 Å². The van der Waals surface area contributed by atoms with E-state index in [0.29, 0.717) is 11.4 Å². The maximum absolute atomic E-state index is 13.9. The second-order valence-electron chi connectivity index (χ2n) is 4.25. The molecule has 0 aliphatic carbocycles. The number of carboxylic acid groups (broad SMARTS) is 1. The van der Waals surface area contributed by atoms with E-state index in [2.05, 4.69) is 5.32 Å². The summed E-state index contributed by atoms with van der Waals surface area (Å²) in [4.78, 5) is 11.5. The zero-order valence-electron chi connectivity index (χ0n) is 11.1. The Bertz CT molecular complexity index is 643. The van der Waals surface area contributed by atoms with Crippen LogP contribution in [0.2, 0.25) is 5.02 Å². The molecule has 0 bridgehead atoms. The number of carboxylic acids is 1. The van der Waals surface area contributed by atoms with E-state index >= 15 is 0 Å². The van der Waals surface area contributed by atoms with Crippen molar-refractivity contribution in [3.05, 3.63) is 58.9 Å². The molecule has 0 heterocycles. The van der Waals surface area contributed by atoms with Crippen LogP contribution in [-0.2, 0) is 4.79 Å². The van der Waals surface area contributed by atoms with Crippen LogP contribution in [0.5, 0.6) is 5.75 Å². The minimum atomic E-state index is -1.32. The fourth-order valence-electron chi connectivity index (χ4n) is 1.96. The summed E-state index contributed by atoms with van der Waals surface area (Å²) in [6.07, 6.45) is 0. The van der Waals surface area contributed by atoms with E-state index in [4.69, 9.17) is 16.3 Å². The van der Waals surface area contributed by atoms with Gasteiger partial charge in [0.25, 0.3) is 0 Å². The summed E-state index contributed by atoms with van der Waals surface area (Å²) in [5.74, 6) is -1.47. The van der Waals surface area contributed by atoms with E-state index < -0.39 is 17.8 Å². The highest BCUT2D eigenvalue weighted by atomic mass is 35.5. The Morgan fingerprint density at radius 2 is 2.00 bits per heavy atom. The summed E-state index contributed by atoms with van der Waals surface area (Å²) >= 11 is 5.93. The van der Waals surface area contributed by atoms with Crippen molar-refractivity contribution in [2.24, 2.45) is 0 Å². The number of halogens is 2. The number of hydrogen-bond donors (Lipinski definition) is 2. The third kappa shape index (κ3) is 3.25. The lowest BCUT2D eigenvalue weighted by Crippen LogP contribution is -2.22. The first kappa shape index (κ1) is 15.1. The number of methoxy groups -OCH3 is 1. The monoisotopic (exact) mass is 309 g/mol. The van der Waals surface area contributed by atoms with Crippen LogP contribution in [0.15, 0.2) is 42.5 Å². The summed E-state index contributed by atoms with van der Waals surface area (Å²) in [7, 11) is 1.46. The maximum atomic E-state index is 13.9. The Morgan fingerprint density at radius 1 is 1.29 bits per heavy atom. The van der Waals surface area contributed by atoms with Gasteiger partial charge in [-0.15, -0.1) is 0 Å². The molecule has 0 aromatic heterocycles. The van der Waals surface area contributed by atoms with Crippen LogP contribution in [0.1, 0.15) is 11.6 Å². The Balaban J connectivity index is 2.43. The van der Waals surface area contributed by atoms with Gasteiger partial charge in [0, 0.05) is 10.6 Å². The molecule has 0 amide bonds. The van der Waals surface area contributed by atoms with E-state index in [1.807, 2.05) is 0 Å². The molecule has 0 spiro atoms. The number of hydrogen-bond acceptors (Lipinski definition) is 3. The number of aliphatic carboxylic acids is 1. The van der Waals surface area contributed by atoms with Gasteiger partial charge in [-0.2, -0.15) is 0 Å². The molecule has 0 saturated carbocycles. The standard InChI is InChI=1S/C15H13ClFNO3/c1-21-12-8-3-2-7-11(12)18-14(15(19)20)13-9(16)5-4-6-10(13)17/h2-8,14,18H,1H3,(H,19,20). The Kier molecular flexibility index (Phi) is 4.65. The number of ether oxygens (including phenoxy) is 1. The van der Waals surface area contributed by atoms with Crippen LogP contribution in [-0.4, -0.2) is 18.2 Å². The fraction of sp³-hybridized carbons (Fsp3) is 0.133. The first-order valence-electron chi connectivity index (χ1n) is 6.11. The predicted octanol–water partition coefficient (Wildman–Crippen LogP) is 3.73. The van der Waals surface area contributed by atoms with Crippen molar-refractivity contribution in [1.29, 1.82) is 0 Å². The highest BCUT2D eigenvalue weighted by Crippen LogP contribution is 2.32. The van der Waals surface area contributed by atoms with Gasteiger partial charge in [0.2, 0.25) is 0 Å². The molecular weight excluding hydrogens is 297 g/mol. The van der Waals surface area contributed by atoms with Crippen LogP contribution >= 0.6 is 11.6 Å². The molecule has 0 fully saturated rings.